The van der Waals surface area contributed by atoms with Crippen LogP contribution in [-0.4, -0.2) is 41.0 Å². The summed E-state index contributed by atoms with van der Waals surface area (Å²) in [6, 6.07) is 11.8. The highest BCUT2D eigenvalue weighted by Gasteiger charge is 2.21. The van der Waals surface area contributed by atoms with Crippen LogP contribution in [0.2, 0.25) is 0 Å². The first-order valence-corrected chi connectivity index (χ1v) is 13.2. The van der Waals surface area contributed by atoms with Crippen LogP contribution >= 0.6 is 0 Å². The Bertz CT molecular complexity index is 1800. The number of H-pyrrole nitrogens is 2. The van der Waals surface area contributed by atoms with Crippen molar-refractivity contribution in [1.29, 1.82) is 0 Å². The lowest BCUT2D eigenvalue weighted by atomic mass is 9.88. The number of rotatable bonds is 5. The minimum atomic E-state index is 0.0770. The van der Waals surface area contributed by atoms with E-state index < -0.39 is 0 Å². The average molecular weight is 515 g/mol. The SMILES string of the molecule is O=C(Nc1cncc(-c2ccc3[nH]nc(-c4cc5c(-c6cccnc6)cncc5[nH]4)c3n2)c1)C1CCCCC1. The van der Waals surface area contributed by atoms with Gasteiger partial charge in [0.05, 0.1) is 40.5 Å². The second-order valence-electron chi connectivity index (χ2n) is 10.0. The molecule has 1 fully saturated rings. The van der Waals surface area contributed by atoms with Gasteiger partial charge in [-0.15, -0.1) is 0 Å². The van der Waals surface area contributed by atoms with Crippen molar-refractivity contribution in [2.75, 3.05) is 5.32 Å². The van der Waals surface area contributed by atoms with Gasteiger partial charge in [-0.05, 0) is 43.2 Å². The number of pyridine rings is 4. The Morgan fingerprint density at radius 3 is 2.62 bits per heavy atom. The topological polar surface area (TPSA) is 125 Å². The van der Waals surface area contributed by atoms with E-state index in [1.54, 1.807) is 18.6 Å². The van der Waals surface area contributed by atoms with Gasteiger partial charge in [0.1, 0.15) is 11.2 Å². The zero-order chi connectivity index (χ0) is 26.2. The predicted molar refractivity (Wildman–Crippen MR) is 151 cm³/mol. The maximum Gasteiger partial charge on any atom is 0.227 e. The zero-order valence-electron chi connectivity index (χ0n) is 21.2. The summed E-state index contributed by atoms with van der Waals surface area (Å²) >= 11 is 0. The smallest absolute Gasteiger partial charge is 0.227 e. The van der Waals surface area contributed by atoms with Gasteiger partial charge in [0.25, 0.3) is 0 Å². The number of aromatic amines is 2. The summed E-state index contributed by atoms with van der Waals surface area (Å²) in [4.78, 5) is 34.2. The first-order chi connectivity index (χ1) is 19.2. The summed E-state index contributed by atoms with van der Waals surface area (Å²) in [6.07, 6.45) is 16.1. The molecule has 1 saturated carbocycles. The second kappa shape index (κ2) is 9.75. The molecule has 6 aromatic rings. The van der Waals surface area contributed by atoms with Crippen molar-refractivity contribution in [3.63, 3.8) is 0 Å². The lowest BCUT2D eigenvalue weighted by Crippen LogP contribution is -2.24. The fourth-order valence-corrected chi connectivity index (χ4v) is 5.44. The van der Waals surface area contributed by atoms with E-state index in [0.29, 0.717) is 5.69 Å². The molecule has 0 spiro atoms. The van der Waals surface area contributed by atoms with Crippen LogP contribution < -0.4 is 5.32 Å². The third-order valence-corrected chi connectivity index (χ3v) is 7.46. The van der Waals surface area contributed by atoms with E-state index in [4.69, 9.17) is 4.98 Å². The van der Waals surface area contributed by atoms with Gasteiger partial charge >= 0.3 is 0 Å². The van der Waals surface area contributed by atoms with Crippen molar-refractivity contribution < 1.29 is 4.79 Å². The molecule has 192 valence electrons. The number of carbonyl (C=O) groups excluding carboxylic acids is 1. The number of hydrogen-bond acceptors (Lipinski definition) is 6. The highest BCUT2D eigenvalue weighted by molar-refractivity contribution is 6.00. The summed E-state index contributed by atoms with van der Waals surface area (Å²) in [5.74, 6) is 0.156. The third-order valence-electron chi connectivity index (χ3n) is 7.46. The highest BCUT2D eigenvalue weighted by Crippen LogP contribution is 2.33. The molecule has 0 bridgehead atoms. The number of carbonyl (C=O) groups is 1. The molecular weight excluding hydrogens is 488 g/mol. The lowest BCUT2D eigenvalue weighted by molar-refractivity contribution is -0.120. The van der Waals surface area contributed by atoms with Gasteiger partial charge in [-0.25, -0.2) is 4.98 Å². The molecular formula is C30H26N8O. The van der Waals surface area contributed by atoms with E-state index in [2.05, 4.69) is 41.5 Å². The molecule has 9 heteroatoms. The maximum absolute atomic E-state index is 12.8. The molecule has 1 amide bonds. The van der Waals surface area contributed by atoms with Gasteiger partial charge in [-0.2, -0.15) is 5.10 Å². The van der Waals surface area contributed by atoms with Crippen LogP contribution in [0.3, 0.4) is 0 Å². The van der Waals surface area contributed by atoms with E-state index in [0.717, 1.165) is 81.4 Å². The summed E-state index contributed by atoms with van der Waals surface area (Å²) in [7, 11) is 0. The number of anilines is 1. The first-order valence-electron chi connectivity index (χ1n) is 13.2. The molecule has 0 radical (unpaired) electrons. The predicted octanol–water partition coefficient (Wildman–Crippen LogP) is 6.14. The van der Waals surface area contributed by atoms with Crippen molar-refractivity contribution in [3.05, 3.63) is 73.6 Å². The molecule has 6 aromatic heterocycles. The third kappa shape index (κ3) is 4.41. The van der Waals surface area contributed by atoms with Gasteiger partial charge in [0, 0.05) is 52.8 Å². The second-order valence-corrected chi connectivity index (χ2v) is 10.0. The van der Waals surface area contributed by atoms with Crippen LogP contribution in [0, 0.1) is 5.92 Å². The van der Waals surface area contributed by atoms with Crippen molar-refractivity contribution in [3.8, 4) is 33.8 Å². The standard InChI is InChI=1S/C30H26N8O/c39-30(18-5-2-1-3-6-18)34-21-11-20(14-32-15-21)24-8-9-25-28(36-24)29(38-37-25)26-12-22-23(16-33-17-27(22)35-26)19-7-4-10-31-13-19/h4,7-18,35H,1-3,5-6H2,(H,34,39)(H,37,38). The van der Waals surface area contributed by atoms with Gasteiger partial charge in [0.15, 0.2) is 0 Å². The number of aromatic nitrogens is 7. The Morgan fingerprint density at radius 1 is 0.872 bits per heavy atom. The molecule has 0 aliphatic heterocycles. The van der Waals surface area contributed by atoms with Gasteiger partial charge in [-0.1, -0.05) is 25.3 Å². The monoisotopic (exact) mass is 514 g/mol. The molecule has 1 aliphatic carbocycles. The van der Waals surface area contributed by atoms with Crippen LogP contribution in [0.4, 0.5) is 5.69 Å². The lowest BCUT2D eigenvalue weighted by Gasteiger charge is -2.20. The van der Waals surface area contributed by atoms with Crippen LogP contribution in [0.25, 0.3) is 55.7 Å². The Morgan fingerprint density at radius 2 is 1.74 bits per heavy atom. The zero-order valence-corrected chi connectivity index (χ0v) is 21.2. The van der Waals surface area contributed by atoms with Crippen LogP contribution in [0.15, 0.2) is 73.6 Å². The largest absolute Gasteiger partial charge is 0.352 e. The summed E-state index contributed by atoms with van der Waals surface area (Å²) in [5, 5.41) is 11.8. The maximum atomic E-state index is 12.8. The fourth-order valence-electron chi connectivity index (χ4n) is 5.44. The van der Waals surface area contributed by atoms with Crippen LogP contribution in [-0.2, 0) is 4.79 Å². The molecule has 0 atom stereocenters. The Balaban J connectivity index is 1.23. The summed E-state index contributed by atoms with van der Waals surface area (Å²) in [6.45, 7) is 0. The molecule has 0 saturated heterocycles. The number of fused-ring (bicyclic) bond motifs is 2. The Kier molecular flexibility index (Phi) is 5.81. The number of nitrogens with zero attached hydrogens (tertiary/aromatic N) is 5. The van der Waals surface area contributed by atoms with Crippen LogP contribution in [0.5, 0.6) is 0 Å². The fraction of sp³-hybridized carbons (Fsp3) is 0.200. The van der Waals surface area contributed by atoms with Crippen molar-refractivity contribution in [1.82, 2.24) is 35.1 Å². The quantitative estimate of drug-likeness (QED) is 0.254. The Labute approximate surface area is 224 Å². The summed E-state index contributed by atoms with van der Waals surface area (Å²) < 4.78 is 0. The Hall–Kier alpha value is -4.92. The number of nitrogens with one attached hydrogen (secondary N) is 3. The average Bonchev–Trinajstić information content (AvgIpc) is 3.62. The first kappa shape index (κ1) is 23.2. The minimum Gasteiger partial charge on any atom is -0.352 e. The highest BCUT2D eigenvalue weighted by atomic mass is 16.1. The van der Waals surface area contributed by atoms with Gasteiger partial charge in [-0.3, -0.25) is 24.8 Å². The van der Waals surface area contributed by atoms with Crippen molar-refractivity contribution >= 4 is 33.5 Å². The van der Waals surface area contributed by atoms with E-state index in [-0.39, 0.29) is 11.8 Å². The molecule has 6 heterocycles. The number of hydrogen-bond donors (Lipinski definition) is 3. The molecule has 0 aromatic carbocycles. The molecule has 9 nitrogen and oxygen atoms in total. The van der Waals surface area contributed by atoms with Crippen molar-refractivity contribution in [2.45, 2.75) is 32.1 Å². The number of amides is 1. The van der Waals surface area contributed by atoms with E-state index in [1.165, 1.54) is 6.42 Å². The van der Waals surface area contributed by atoms with Gasteiger partial charge < -0.3 is 10.3 Å². The molecule has 1 aliphatic rings. The van der Waals surface area contributed by atoms with Crippen molar-refractivity contribution in [2.24, 2.45) is 5.92 Å². The van der Waals surface area contributed by atoms with E-state index in [1.807, 2.05) is 48.9 Å². The molecule has 39 heavy (non-hydrogen) atoms. The minimum absolute atomic E-state index is 0.0770. The van der Waals surface area contributed by atoms with E-state index >= 15 is 0 Å². The van der Waals surface area contributed by atoms with E-state index in [9.17, 15) is 4.79 Å². The molecule has 3 N–H and O–H groups in total. The molecule has 0 unspecified atom stereocenters. The molecule has 7 rings (SSSR count). The van der Waals surface area contributed by atoms with Crippen LogP contribution in [0.1, 0.15) is 32.1 Å². The normalized spacial score (nSPS) is 14.2. The summed E-state index contributed by atoms with van der Waals surface area (Å²) in [5.41, 5.74) is 8.28. The van der Waals surface area contributed by atoms with Gasteiger partial charge in [0.2, 0.25) is 5.91 Å².